The second kappa shape index (κ2) is 14.4. The van der Waals surface area contributed by atoms with Gasteiger partial charge < -0.3 is 10.2 Å². The summed E-state index contributed by atoms with van der Waals surface area (Å²) < 4.78 is 0. The lowest BCUT2D eigenvalue weighted by atomic mass is 9.95. The zero-order valence-electron chi connectivity index (χ0n) is 24.7. The minimum atomic E-state index is 0.266. The van der Waals surface area contributed by atoms with Crippen LogP contribution in [0.1, 0.15) is 104 Å². The fraction of sp³-hybridized carbons (Fsp3) is 0.500. The Labute approximate surface area is 231 Å². The van der Waals surface area contributed by atoms with Crippen molar-refractivity contribution in [2.45, 2.75) is 106 Å². The van der Waals surface area contributed by atoms with E-state index in [1.165, 1.54) is 60.8 Å². The van der Waals surface area contributed by atoms with Gasteiger partial charge in [0, 0.05) is 21.5 Å². The van der Waals surface area contributed by atoms with Crippen LogP contribution in [0.5, 0.6) is 11.5 Å². The lowest BCUT2D eigenvalue weighted by molar-refractivity contribution is 0.478. The molecule has 0 fully saturated rings. The molecule has 0 saturated heterocycles. The highest BCUT2D eigenvalue weighted by Gasteiger charge is 2.14. The van der Waals surface area contributed by atoms with E-state index < -0.39 is 0 Å². The predicted molar refractivity (Wildman–Crippen MR) is 166 cm³/mol. The van der Waals surface area contributed by atoms with Gasteiger partial charge in [0.2, 0.25) is 0 Å². The van der Waals surface area contributed by atoms with Crippen molar-refractivity contribution in [2.24, 2.45) is 11.8 Å². The maximum atomic E-state index is 11.1. The molecule has 38 heavy (non-hydrogen) atoms. The highest BCUT2D eigenvalue weighted by Crippen LogP contribution is 2.42. The quantitative estimate of drug-likeness (QED) is 0.128. The molecular formula is C36H50O2. The largest absolute Gasteiger partial charge is 0.507 e. The van der Waals surface area contributed by atoms with Crippen LogP contribution in [0.15, 0.2) is 59.7 Å². The Morgan fingerprint density at radius 3 is 1.39 bits per heavy atom. The van der Waals surface area contributed by atoms with Gasteiger partial charge in [0.05, 0.1) is 0 Å². The molecule has 0 aliphatic rings. The van der Waals surface area contributed by atoms with Crippen molar-refractivity contribution in [1.29, 1.82) is 0 Å². The van der Waals surface area contributed by atoms with E-state index in [1.54, 1.807) is 0 Å². The highest BCUT2D eigenvalue weighted by molar-refractivity contribution is 6.10. The standard InChI is InChI=1S/C36H50O2/c1-25(2)11-7-13-27(5)15-9-17-29-19-21-31-33(23-29)35(37)32-22-20-30(24-34(32)36(31)38)18-10-16-28(6)14-8-12-26(3)4/h15-16,19-26,37-38H,7-14,17-18H2,1-6H3. The molecule has 0 aliphatic heterocycles. The molecular weight excluding hydrogens is 464 g/mol. The molecule has 0 radical (unpaired) electrons. The molecule has 2 N–H and O–H groups in total. The first-order valence-electron chi connectivity index (χ1n) is 14.9. The van der Waals surface area contributed by atoms with Crippen LogP contribution >= 0.6 is 0 Å². The second-order valence-electron chi connectivity index (χ2n) is 12.2. The zero-order valence-corrected chi connectivity index (χ0v) is 24.7. The third kappa shape index (κ3) is 8.65. The van der Waals surface area contributed by atoms with Crippen LogP contribution in [0.25, 0.3) is 21.5 Å². The van der Waals surface area contributed by atoms with Crippen molar-refractivity contribution in [1.82, 2.24) is 0 Å². The summed E-state index contributed by atoms with van der Waals surface area (Å²) in [5.41, 5.74) is 5.30. The first-order chi connectivity index (χ1) is 18.2. The number of hydrogen-bond donors (Lipinski definition) is 2. The Balaban J connectivity index is 1.70. The maximum absolute atomic E-state index is 11.1. The molecule has 2 nitrogen and oxygen atoms in total. The van der Waals surface area contributed by atoms with Crippen LogP contribution in [0.4, 0.5) is 0 Å². The van der Waals surface area contributed by atoms with Gasteiger partial charge >= 0.3 is 0 Å². The number of allylic oxidation sites excluding steroid dienone is 4. The van der Waals surface area contributed by atoms with Gasteiger partial charge in [-0.1, -0.05) is 88.1 Å². The topological polar surface area (TPSA) is 40.5 Å². The molecule has 0 unspecified atom stereocenters. The Bertz CT molecular complexity index is 1160. The van der Waals surface area contributed by atoms with Gasteiger partial charge in [0.25, 0.3) is 0 Å². The van der Waals surface area contributed by atoms with E-state index in [4.69, 9.17) is 0 Å². The fourth-order valence-electron chi connectivity index (χ4n) is 5.34. The molecule has 0 aliphatic carbocycles. The Hall–Kier alpha value is -2.74. The van der Waals surface area contributed by atoms with Crippen LogP contribution in [-0.4, -0.2) is 10.2 Å². The molecule has 206 valence electrons. The van der Waals surface area contributed by atoms with Crippen LogP contribution in [0, 0.1) is 11.8 Å². The second-order valence-corrected chi connectivity index (χ2v) is 12.2. The highest BCUT2D eigenvalue weighted by atomic mass is 16.3. The summed E-state index contributed by atoms with van der Waals surface area (Å²) in [5, 5.41) is 25.2. The van der Waals surface area contributed by atoms with Gasteiger partial charge in [0.15, 0.2) is 0 Å². The van der Waals surface area contributed by atoms with Crippen molar-refractivity contribution < 1.29 is 10.2 Å². The van der Waals surface area contributed by atoms with Crippen molar-refractivity contribution in [3.8, 4) is 11.5 Å². The van der Waals surface area contributed by atoms with Gasteiger partial charge in [-0.2, -0.15) is 0 Å². The average molecular weight is 515 g/mol. The minimum Gasteiger partial charge on any atom is -0.507 e. The summed E-state index contributed by atoms with van der Waals surface area (Å²) in [4.78, 5) is 0. The third-order valence-electron chi connectivity index (χ3n) is 7.75. The van der Waals surface area contributed by atoms with E-state index in [2.05, 4.69) is 65.8 Å². The normalized spacial score (nSPS) is 12.9. The van der Waals surface area contributed by atoms with Gasteiger partial charge in [-0.15, -0.1) is 0 Å². The number of aromatic hydroxyl groups is 2. The Morgan fingerprint density at radius 1 is 0.632 bits per heavy atom. The molecule has 0 bridgehead atoms. The molecule has 0 atom stereocenters. The lowest BCUT2D eigenvalue weighted by Crippen LogP contribution is -1.90. The molecule has 3 rings (SSSR count). The molecule has 3 aromatic carbocycles. The van der Waals surface area contributed by atoms with Crippen LogP contribution in [0.2, 0.25) is 0 Å². The van der Waals surface area contributed by atoms with Crippen LogP contribution in [0.3, 0.4) is 0 Å². The van der Waals surface area contributed by atoms with E-state index >= 15 is 0 Å². The van der Waals surface area contributed by atoms with Crippen LogP contribution in [-0.2, 0) is 12.8 Å². The van der Waals surface area contributed by atoms with E-state index in [-0.39, 0.29) is 11.5 Å². The van der Waals surface area contributed by atoms with Crippen molar-refractivity contribution in [3.63, 3.8) is 0 Å². The number of phenolic OH excluding ortho intramolecular Hbond substituents is 2. The predicted octanol–water partition coefficient (Wildman–Crippen LogP) is 10.8. The van der Waals surface area contributed by atoms with E-state index in [0.717, 1.165) is 59.1 Å². The molecule has 0 spiro atoms. The zero-order chi connectivity index (χ0) is 27.7. The van der Waals surface area contributed by atoms with Crippen molar-refractivity contribution in [2.75, 3.05) is 0 Å². The SMILES string of the molecule is CC(=CCCc1ccc2c(O)c3cc(CCC=C(C)CCCC(C)C)ccc3c(O)c2c1)CCCC(C)C. The molecule has 2 heteroatoms. The molecule has 0 heterocycles. The number of benzene rings is 3. The fourth-order valence-corrected chi connectivity index (χ4v) is 5.34. The van der Waals surface area contributed by atoms with Crippen LogP contribution < -0.4 is 0 Å². The summed E-state index contributed by atoms with van der Waals surface area (Å²) in [6, 6.07) is 12.2. The molecule has 0 amide bonds. The smallest absolute Gasteiger partial charge is 0.131 e. The number of fused-ring (bicyclic) bond motifs is 2. The first kappa shape index (κ1) is 29.8. The minimum absolute atomic E-state index is 0.266. The summed E-state index contributed by atoms with van der Waals surface area (Å²) in [5.74, 6) is 2.07. The third-order valence-corrected chi connectivity index (χ3v) is 7.75. The summed E-state index contributed by atoms with van der Waals surface area (Å²) >= 11 is 0. The molecule has 0 saturated carbocycles. The summed E-state index contributed by atoms with van der Waals surface area (Å²) in [7, 11) is 0. The Morgan fingerprint density at radius 2 is 1.03 bits per heavy atom. The monoisotopic (exact) mass is 514 g/mol. The van der Waals surface area contributed by atoms with E-state index in [0.29, 0.717) is 0 Å². The van der Waals surface area contributed by atoms with Crippen molar-refractivity contribution in [3.05, 3.63) is 70.8 Å². The number of rotatable bonds is 14. The maximum Gasteiger partial charge on any atom is 0.131 e. The first-order valence-corrected chi connectivity index (χ1v) is 14.9. The number of phenols is 2. The molecule has 3 aromatic rings. The van der Waals surface area contributed by atoms with E-state index in [1.807, 2.05) is 24.3 Å². The summed E-state index contributed by atoms with van der Waals surface area (Å²) in [6.45, 7) is 13.6. The average Bonchev–Trinajstić information content (AvgIpc) is 2.86. The lowest BCUT2D eigenvalue weighted by Gasteiger charge is -2.12. The van der Waals surface area contributed by atoms with E-state index in [9.17, 15) is 10.2 Å². The molecule has 0 aromatic heterocycles. The van der Waals surface area contributed by atoms with Gasteiger partial charge in [-0.3, -0.25) is 0 Å². The van der Waals surface area contributed by atoms with Gasteiger partial charge in [-0.05, 0) is 100 Å². The van der Waals surface area contributed by atoms with Gasteiger partial charge in [0.1, 0.15) is 11.5 Å². The Kier molecular flexibility index (Phi) is 11.3. The number of hydrogen-bond acceptors (Lipinski definition) is 2. The summed E-state index contributed by atoms with van der Waals surface area (Å²) in [6.07, 6.45) is 16.0. The number of aryl methyl sites for hydroxylation is 2. The van der Waals surface area contributed by atoms with Crippen molar-refractivity contribution >= 4 is 21.5 Å². The van der Waals surface area contributed by atoms with Gasteiger partial charge in [-0.25, -0.2) is 0 Å².